The minimum absolute atomic E-state index is 0.0228. The smallest absolute Gasteiger partial charge is 0.307 e. The van der Waals surface area contributed by atoms with Gasteiger partial charge >= 0.3 is 5.97 Å². The van der Waals surface area contributed by atoms with Crippen LogP contribution in [0.25, 0.3) is 0 Å². The van der Waals surface area contributed by atoms with Gasteiger partial charge in [0.1, 0.15) is 0 Å². The Morgan fingerprint density at radius 3 is 2.50 bits per heavy atom. The summed E-state index contributed by atoms with van der Waals surface area (Å²) in [7, 11) is 0. The highest BCUT2D eigenvalue weighted by Crippen LogP contribution is 2.40. The first-order chi connectivity index (χ1) is 6.59. The largest absolute Gasteiger partial charge is 0.481 e. The Kier molecular flexibility index (Phi) is 2.19. The van der Waals surface area contributed by atoms with Gasteiger partial charge < -0.3 is 15.7 Å². The van der Waals surface area contributed by atoms with Gasteiger partial charge in [0.15, 0.2) is 0 Å². The summed E-state index contributed by atoms with van der Waals surface area (Å²) in [5.41, 5.74) is 5.67. The molecule has 5 heteroatoms. The van der Waals surface area contributed by atoms with Crippen molar-refractivity contribution >= 4 is 11.9 Å². The van der Waals surface area contributed by atoms with Gasteiger partial charge in [0.2, 0.25) is 5.91 Å². The molecule has 1 heterocycles. The Morgan fingerprint density at radius 2 is 2.07 bits per heavy atom. The van der Waals surface area contributed by atoms with Crippen molar-refractivity contribution in [1.82, 2.24) is 4.90 Å². The molecular formula is C9H14N2O3. The third-order valence-electron chi connectivity index (χ3n) is 2.96. The normalized spacial score (nSPS) is 35.8. The van der Waals surface area contributed by atoms with Crippen LogP contribution >= 0.6 is 0 Å². The number of carbonyl (C=O) groups is 2. The zero-order valence-corrected chi connectivity index (χ0v) is 7.85. The maximum Gasteiger partial charge on any atom is 0.307 e. The van der Waals surface area contributed by atoms with Crippen LogP contribution in [-0.4, -0.2) is 41.0 Å². The molecular weight excluding hydrogens is 184 g/mol. The second kappa shape index (κ2) is 3.24. The Balaban J connectivity index is 1.88. The molecule has 1 saturated heterocycles. The molecule has 2 fully saturated rings. The number of likely N-dealkylation sites (tertiary alicyclic amines) is 1. The summed E-state index contributed by atoms with van der Waals surface area (Å²) in [5, 5.41) is 8.67. The molecule has 1 saturated carbocycles. The van der Waals surface area contributed by atoms with E-state index in [2.05, 4.69) is 0 Å². The van der Waals surface area contributed by atoms with Crippen molar-refractivity contribution in [3.8, 4) is 0 Å². The highest BCUT2D eigenvalue weighted by Gasteiger charge is 2.50. The van der Waals surface area contributed by atoms with Crippen molar-refractivity contribution in [3.05, 3.63) is 0 Å². The number of hydrogen-bond acceptors (Lipinski definition) is 3. The highest BCUT2D eigenvalue weighted by molar-refractivity contribution is 5.89. The van der Waals surface area contributed by atoms with Crippen molar-refractivity contribution < 1.29 is 14.7 Å². The molecule has 2 unspecified atom stereocenters. The van der Waals surface area contributed by atoms with Gasteiger partial charge in [0.25, 0.3) is 0 Å². The average molecular weight is 198 g/mol. The summed E-state index contributed by atoms with van der Waals surface area (Å²) in [5.74, 6) is -1.60. The van der Waals surface area contributed by atoms with E-state index in [1.165, 1.54) is 0 Å². The lowest BCUT2D eigenvalue weighted by Crippen LogP contribution is -2.33. The summed E-state index contributed by atoms with van der Waals surface area (Å²) in [6.07, 6.45) is 1.33. The summed E-state index contributed by atoms with van der Waals surface area (Å²) in [4.78, 5) is 23.9. The number of aliphatic carboxylic acids is 1. The topological polar surface area (TPSA) is 83.6 Å². The van der Waals surface area contributed by atoms with E-state index in [0.29, 0.717) is 19.5 Å². The number of carboxylic acid groups (broad SMARTS) is 1. The van der Waals surface area contributed by atoms with Gasteiger partial charge in [-0.15, -0.1) is 0 Å². The van der Waals surface area contributed by atoms with Crippen LogP contribution in [0.5, 0.6) is 0 Å². The Hall–Kier alpha value is -1.10. The van der Waals surface area contributed by atoms with Crippen molar-refractivity contribution in [1.29, 1.82) is 0 Å². The maximum absolute atomic E-state index is 11.7. The molecule has 0 aromatic heterocycles. The lowest BCUT2D eigenvalue weighted by atomic mass is 10.3. The van der Waals surface area contributed by atoms with Gasteiger partial charge in [-0.3, -0.25) is 9.59 Å². The summed E-state index contributed by atoms with van der Waals surface area (Å²) in [6.45, 7) is 1.27. The number of nitrogens with two attached hydrogens (primary N) is 1. The second-order valence-corrected chi connectivity index (χ2v) is 4.12. The molecule has 1 amide bonds. The first-order valence-corrected chi connectivity index (χ1v) is 4.86. The number of amides is 1. The van der Waals surface area contributed by atoms with E-state index in [1.807, 2.05) is 0 Å². The van der Waals surface area contributed by atoms with E-state index in [4.69, 9.17) is 10.8 Å². The van der Waals surface area contributed by atoms with Crippen LogP contribution in [0.2, 0.25) is 0 Å². The Morgan fingerprint density at radius 1 is 1.36 bits per heavy atom. The van der Waals surface area contributed by atoms with E-state index in [9.17, 15) is 9.59 Å². The van der Waals surface area contributed by atoms with E-state index < -0.39 is 11.9 Å². The second-order valence-electron chi connectivity index (χ2n) is 4.12. The Bertz CT molecular complexity index is 279. The van der Waals surface area contributed by atoms with Gasteiger partial charge in [-0.05, 0) is 12.8 Å². The molecule has 1 aliphatic carbocycles. The predicted octanol–water partition coefficient (Wildman–Crippen LogP) is -0.733. The predicted molar refractivity (Wildman–Crippen MR) is 48.4 cm³/mol. The molecule has 0 aromatic rings. The first-order valence-electron chi connectivity index (χ1n) is 4.86. The number of hydrogen-bond donors (Lipinski definition) is 2. The fourth-order valence-electron chi connectivity index (χ4n) is 1.96. The SMILES string of the molecule is N[C@H]1CCN(C(=O)C2CC2C(=O)O)C1. The van der Waals surface area contributed by atoms with Crippen molar-refractivity contribution in [2.75, 3.05) is 13.1 Å². The van der Waals surface area contributed by atoms with E-state index in [1.54, 1.807) is 4.90 Å². The van der Waals surface area contributed by atoms with Gasteiger partial charge in [-0.25, -0.2) is 0 Å². The van der Waals surface area contributed by atoms with Crippen LogP contribution in [0.3, 0.4) is 0 Å². The summed E-state index contributed by atoms with van der Waals surface area (Å²) in [6, 6.07) is 0.0704. The number of nitrogens with zero attached hydrogens (tertiary/aromatic N) is 1. The zero-order valence-electron chi connectivity index (χ0n) is 7.85. The molecule has 3 N–H and O–H groups in total. The monoisotopic (exact) mass is 198 g/mol. The zero-order chi connectivity index (χ0) is 10.3. The third kappa shape index (κ3) is 1.59. The third-order valence-corrected chi connectivity index (χ3v) is 2.96. The Labute approximate surface area is 81.9 Å². The molecule has 2 rings (SSSR count). The molecule has 0 bridgehead atoms. The van der Waals surface area contributed by atoms with Crippen LogP contribution < -0.4 is 5.73 Å². The van der Waals surface area contributed by atoms with Crippen LogP contribution in [-0.2, 0) is 9.59 Å². The van der Waals surface area contributed by atoms with Gasteiger partial charge in [-0.2, -0.15) is 0 Å². The molecule has 3 atom stereocenters. The number of carbonyl (C=O) groups excluding carboxylic acids is 1. The van der Waals surface area contributed by atoms with E-state index in [0.717, 1.165) is 6.42 Å². The van der Waals surface area contributed by atoms with Crippen molar-refractivity contribution in [2.24, 2.45) is 17.6 Å². The quantitative estimate of drug-likeness (QED) is 0.612. The van der Waals surface area contributed by atoms with Gasteiger partial charge in [0, 0.05) is 19.1 Å². The summed E-state index contributed by atoms with van der Waals surface area (Å²) < 4.78 is 0. The first kappa shape index (κ1) is 9.45. The van der Waals surface area contributed by atoms with Crippen LogP contribution in [0.15, 0.2) is 0 Å². The minimum Gasteiger partial charge on any atom is -0.481 e. The van der Waals surface area contributed by atoms with Crippen LogP contribution in [0, 0.1) is 11.8 Å². The average Bonchev–Trinajstić information content (AvgIpc) is 2.82. The molecule has 0 radical (unpaired) electrons. The number of rotatable bonds is 2. The van der Waals surface area contributed by atoms with E-state index >= 15 is 0 Å². The fraction of sp³-hybridized carbons (Fsp3) is 0.778. The molecule has 0 aromatic carbocycles. The molecule has 78 valence electrons. The summed E-state index contributed by atoms with van der Waals surface area (Å²) >= 11 is 0. The molecule has 2 aliphatic rings. The molecule has 14 heavy (non-hydrogen) atoms. The standard InChI is InChI=1S/C9H14N2O3/c10-5-1-2-11(4-5)8(12)6-3-7(6)9(13)14/h5-7H,1-4,10H2,(H,13,14)/t5-,6?,7?/m0/s1. The van der Waals surface area contributed by atoms with Crippen molar-refractivity contribution in [3.63, 3.8) is 0 Å². The lowest BCUT2D eigenvalue weighted by molar-refractivity contribution is -0.141. The molecule has 0 spiro atoms. The minimum atomic E-state index is -0.855. The van der Waals surface area contributed by atoms with Gasteiger partial charge in [0.05, 0.1) is 11.8 Å². The lowest BCUT2D eigenvalue weighted by Gasteiger charge is -2.15. The van der Waals surface area contributed by atoms with Crippen LogP contribution in [0.1, 0.15) is 12.8 Å². The fourth-order valence-corrected chi connectivity index (χ4v) is 1.96. The van der Waals surface area contributed by atoms with Crippen molar-refractivity contribution in [2.45, 2.75) is 18.9 Å². The highest BCUT2D eigenvalue weighted by atomic mass is 16.4. The molecule has 1 aliphatic heterocycles. The van der Waals surface area contributed by atoms with Gasteiger partial charge in [-0.1, -0.05) is 0 Å². The maximum atomic E-state index is 11.7. The van der Waals surface area contributed by atoms with Crippen LogP contribution in [0.4, 0.5) is 0 Å². The number of carboxylic acids is 1. The molecule has 5 nitrogen and oxygen atoms in total. The van der Waals surface area contributed by atoms with E-state index in [-0.39, 0.29) is 17.9 Å².